The van der Waals surface area contributed by atoms with Crippen LogP contribution in [-0.4, -0.2) is 41.9 Å². The minimum Gasteiger partial charge on any atom is -0.322 e. The molecule has 7 nitrogen and oxygen atoms in total. The highest BCUT2D eigenvalue weighted by molar-refractivity contribution is 7.89. The molecule has 4 rings (SSSR count). The molecule has 0 atom stereocenters. The third kappa shape index (κ3) is 4.04. The van der Waals surface area contributed by atoms with Crippen molar-refractivity contribution in [2.75, 3.05) is 12.4 Å². The molecule has 29 heavy (non-hydrogen) atoms. The number of amides is 1. The Morgan fingerprint density at radius 2 is 1.83 bits per heavy atom. The van der Waals surface area contributed by atoms with Gasteiger partial charge in [0.2, 0.25) is 10.0 Å². The fourth-order valence-corrected chi connectivity index (χ4v) is 5.23. The predicted molar refractivity (Wildman–Crippen MR) is 112 cm³/mol. The van der Waals surface area contributed by atoms with Gasteiger partial charge in [-0.25, -0.2) is 8.42 Å². The van der Waals surface area contributed by atoms with Crippen molar-refractivity contribution in [2.24, 2.45) is 0 Å². The number of nitrogens with zero attached hydrogens (tertiary/aromatic N) is 2. The molecule has 152 valence electrons. The Morgan fingerprint density at radius 1 is 1.10 bits per heavy atom. The summed E-state index contributed by atoms with van der Waals surface area (Å²) in [6.45, 7) is 0. The molecule has 1 fully saturated rings. The zero-order valence-electron chi connectivity index (χ0n) is 16.3. The summed E-state index contributed by atoms with van der Waals surface area (Å²) in [5.41, 5.74) is 1.94. The molecule has 0 unspecified atom stereocenters. The Kier molecular flexibility index (Phi) is 5.38. The van der Waals surface area contributed by atoms with Crippen LogP contribution in [0.3, 0.4) is 0 Å². The molecule has 1 aliphatic carbocycles. The summed E-state index contributed by atoms with van der Waals surface area (Å²) in [7, 11) is -1.92. The summed E-state index contributed by atoms with van der Waals surface area (Å²) in [6.07, 6.45) is 6.78. The molecule has 2 N–H and O–H groups in total. The van der Waals surface area contributed by atoms with Crippen molar-refractivity contribution in [3.63, 3.8) is 0 Å². The highest BCUT2D eigenvalue weighted by atomic mass is 32.2. The average molecular weight is 413 g/mol. The fourth-order valence-electron chi connectivity index (χ4n) is 3.81. The number of carbonyl (C=O) groups excluding carboxylic acids is 1. The van der Waals surface area contributed by atoms with Crippen molar-refractivity contribution in [1.82, 2.24) is 14.5 Å². The normalized spacial score (nSPS) is 15.7. The second kappa shape index (κ2) is 7.96. The number of fused-ring (bicyclic) bond motifs is 1. The molecule has 0 spiro atoms. The molecule has 1 saturated carbocycles. The van der Waals surface area contributed by atoms with Gasteiger partial charge in [0, 0.05) is 29.7 Å². The van der Waals surface area contributed by atoms with Gasteiger partial charge in [0.1, 0.15) is 0 Å². The van der Waals surface area contributed by atoms with Crippen LogP contribution in [0.1, 0.15) is 42.5 Å². The quantitative estimate of drug-likeness (QED) is 0.667. The van der Waals surface area contributed by atoms with Crippen LogP contribution >= 0.6 is 0 Å². The molecule has 8 heteroatoms. The first-order valence-corrected chi connectivity index (χ1v) is 11.2. The summed E-state index contributed by atoms with van der Waals surface area (Å²) in [5, 5.41) is 10.6. The number of aromatic amines is 1. The van der Waals surface area contributed by atoms with Gasteiger partial charge < -0.3 is 5.32 Å². The number of benzene rings is 2. The lowest BCUT2D eigenvalue weighted by Crippen LogP contribution is -2.38. The highest BCUT2D eigenvalue weighted by Gasteiger charge is 2.29. The van der Waals surface area contributed by atoms with Crippen LogP contribution in [0.2, 0.25) is 0 Å². The summed E-state index contributed by atoms with van der Waals surface area (Å²) in [4.78, 5) is 12.7. The second-order valence-corrected chi connectivity index (χ2v) is 9.46. The minimum absolute atomic E-state index is 0.0505. The van der Waals surface area contributed by atoms with Gasteiger partial charge in [-0.2, -0.15) is 9.40 Å². The van der Waals surface area contributed by atoms with Gasteiger partial charge in [-0.3, -0.25) is 9.89 Å². The molecule has 0 aliphatic heterocycles. The van der Waals surface area contributed by atoms with Crippen molar-refractivity contribution in [1.29, 1.82) is 0 Å². The molecule has 1 amide bonds. The Bertz CT molecular complexity index is 1120. The lowest BCUT2D eigenvalue weighted by Gasteiger charge is -2.30. The standard InChI is InChI=1S/C21H24N4O3S/c1-25(18-5-3-2-4-6-18)29(27,28)19-10-7-15(8-11-19)21(26)23-17-9-12-20-16(13-17)14-22-24-20/h7-14,18H,2-6H2,1H3,(H,22,24)(H,23,26). The van der Waals surface area contributed by atoms with Crippen molar-refractivity contribution in [3.05, 3.63) is 54.2 Å². The van der Waals surface area contributed by atoms with Crippen molar-refractivity contribution in [2.45, 2.75) is 43.0 Å². The first kappa shape index (κ1) is 19.6. The number of H-pyrrole nitrogens is 1. The lowest BCUT2D eigenvalue weighted by molar-refractivity contribution is 0.102. The average Bonchev–Trinajstić information content (AvgIpc) is 3.22. The summed E-state index contributed by atoms with van der Waals surface area (Å²) in [5.74, 6) is -0.294. The Labute approximate surface area is 170 Å². The van der Waals surface area contributed by atoms with E-state index in [0.717, 1.165) is 36.6 Å². The molecular formula is C21H24N4O3S. The van der Waals surface area contributed by atoms with Gasteiger partial charge in [0.15, 0.2) is 0 Å². The van der Waals surface area contributed by atoms with E-state index in [4.69, 9.17) is 0 Å². The number of hydrogen-bond acceptors (Lipinski definition) is 4. The molecule has 0 saturated heterocycles. The molecule has 1 heterocycles. The van der Waals surface area contributed by atoms with Crippen molar-refractivity contribution < 1.29 is 13.2 Å². The number of anilines is 1. The molecule has 1 aromatic heterocycles. The summed E-state index contributed by atoms with van der Waals surface area (Å²) in [6, 6.07) is 11.6. The Morgan fingerprint density at radius 3 is 2.55 bits per heavy atom. The highest BCUT2D eigenvalue weighted by Crippen LogP contribution is 2.26. The van der Waals surface area contributed by atoms with Crippen molar-refractivity contribution in [3.8, 4) is 0 Å². The maximum atomic E-state index is 12.9. The SMILES string of the molecule is CN(C1CCCCC1)S(=O)(=O)c1ccc(C(=O)Nc2ccc3[nH]ncc3c2)cc1. The Balaban J connectivity index is 1.48. The molecular weight excluding hydrogens is 388 g/mol. The van der Waals surface area contributed by atoms with Crippen LogP contribution < -0.4 is 5.32 Å². The molecule has 0 bridgehead atoms. The van der Waals surface area contributed by atoms with Crippen LogP contribution in [0, 0.1) is 0 Å². The van der Waals surface area contributed by atoms with E-state index in [2.05, 4.69) is 15.5 Å². The second-order valence-electron chi connectivity index (χ2n) is 7.46. The fraction of sp³-hybridized carbons (Fsp3) is 0.333. The lowest BCUT2D eigenvalue weighted by atomic mass is 9.96. The van der Waals surface area contributed by atoms with E-state index >= 15 is 0 Å². The van der Waals surface area contributed by atoms with Crippen LogP contribution in [0.4, 0.5) is 5.69 Å². The monoisotopic (exact) mass is 412 g/mol. The number of sulfonamides is 1. The van der Waals surface area contributed by atoms with E-state index in [9.17, 15) is 13.2 Å². The van der Waals surface area contributed by atoms with E-state index in [-0.39, 0.29) is 16.8 Å². The number of rotatable bonds is 5. The number of hydrogen-bond donors (Lipinski definition) is 2. The molecule has 0 radical (unpaired) electrons. The third-order valence-corrected chi connectivity index (χ3v) is 7.50. The van der Waals surface area contributed by atoms with Gasteiger partial charge in [-0.1, -0.05) is 19.3 Å². The van der Waals surface area contributed by atoms with Gasteiger partial charge in [0.05, 0.1) is 16.6 Å². The van der Waals surface area contributed by atoms with Gasteiger partial charge in [-0.05, 0) is 55.3 Å². The van der Waals surface area contributed by atoms with E-state index in [1.807, 2.05) is 12.1 Å². The van der Waals surface area contributed by atoms with E-state index in [1.54, 1.807) is 31.4 Å². The number of aromatic nitrogens is 2. The third-order valence-electron chi connectivity index (χ3n) is 5.58. The number of nitrogens with one attached hydrogen (secondary N) is 2. The van der Waals surface area contributed by atoms with Gasteiger partial charge in [0.25, 0.3) is 5.91 Å². The number of carbonyl (C=O) groups is 1. The van der Waals surface area contributed by atoms with E-state index < -0.39 is 10.0 Å². The molecule has 2 aromatic carbocycles. The van der Waals surface area contributed by atoms with E-state index in [0.29, 0.717) is 11.3 Å². The summed E-state index contributed by atoms with van der Waals surface area (Å²) >= 11 is 0. The van der Waals surface area contributed by atoms with Crippen LogP contribution in [0.15, 0.2) is 53.6 Å². The van der Waals surface area contributed by atoms with Crippen molar-refractivity contribution >= 4 is 32.5 Å². The van der Waals surface area contributed by atoms with Crippen LogP contribution in [-0.2, 0) is 10.0 Å². The van der Waals surface area contributed by atoms with Crippen LogP contribution in [0.25, 0.3) is 10.9 Å². The minimum atomic E-state index is -3.57. The zero-order chi connectivity index (χ0) is 20.4. The maximum absolute atomic E-state index is 12.9. The molecule has 3 aromatic rings. The molecule has 1 aliphatic rings. The summed E-state index contributed by atoms with van der Waals surface area (Å²) < 4.78 is 27.3. The maximum Gasteiger partial charge on any atom is 0.255 e. The largest absolute Gasteiger partial charge is 0.322 e. The Hall–Kier alpha value is -2.71. The topological polar surface area (TPSA) is 95.2 Å². The van der Waals surface area contributed by atoms with E-state index in [1.165, 1.54) is 22.9 Å². The predicted octanol–water partition coefficient (Wildman–Crippen LogP) is 3.77. The zero-order valence-corrected chi connectivity index (χ0v) is 17.1. The smallest absolute Gasteiger partial charge is 0.255 e. The first-order valence-electron chi connectivity index (χ1n) is 9.78. The first-order chi connectivity index (χ1) is 13.9. The van der Waals surface area contributed by atoms with Crippen LogP contribution in [0.5, 0.6) is 0 Å². The van der Waals surface area contributed by atoms with Gasteiger partial charge >= 0.3 is 0 Å². The van der Waals surface area contributed by atoms with Gasteiger partial charge in [-0.15, -0.1) is 0 Å².